The number of carbonyl (C=O) groups is 3. The third-order valence-corrected chi connectivity index (χ3v) is 9.97. The minimum Gasteiger partial charge on any atom is -0.861 e. The number of aliphatic hydroxyl groups is 4. The maximum atomic E-state index is 13.3. The first-order valence-corrected chi connectivity index (χ1v) is 13.5. The Morgan fingerprint density at radius 3 is 2.36 bits per heavy atom. The summed E-state index contributed by atoms with van der Waals surface area (Å²) < 4.78 is 34.0. The summed E-state index contributed by atoms with van der Waals surface area (Å²) in [6.07, 6.45) is -13.5. The maximum Gasteiger partial charge on any atom is 0.472 e. The Bertz CT molecular complexity index is 1220. The van der Waals surface area contributed by atoms with Crippen LogP contribution in [0.3, 0.4) is 0 Å². The molecule has 18 nitrogen and oxygen atoms in total. The summed E-state index contributed by atoms with van der Waals surface area (Å²) in [7, 11) is -5.05. The van der Waals surface area contributed by atoms with Gasteiger partial charge in [0.25, 0.3) is 0 Å². The Kier molecular flexibility index (Phi) is 5.79. The average molecular weight is 577 g/mol. The van der Waals surface area contributed by atoms with Gasteiger partial charge >= 0.3 is 19.9 Å². The molecule has 6 aliphatic rings. The minimum atomic E-state index is -5.05. The Hall–Kier alpha value is -2.25. The fourth-order valence-corrected chi connectivity index (χ4v) is 7.71. The molecule has 0 aromatic carbocycles. The van der Waals surface area contributed by atoms with Crippen LogP contribution >= 0.6 is 7.82 Å². The number of rotatable bonds is 1. The van der Waals surface area contributed by atoms with Crippen molar-refractivity contribution in [3.05, 3.63) is 0 Å². The van der Waals surface area contributed by atoms with Crippen LogP contribution in [-0.4, -0.2) is 133 Å². The maximum absolute atomic E-state index is 13.3. The van der Waals surface area contributed by atoms with Crippen molar-refractivity contribution < 1.29 is 67.9 Å². The molecule has 0 radical (unpaired) electrons. The van der Waals surface area contributed by atoms with Crippen molar-refractivity contribution in [2.24, 2.45) is 15.8 Å². The number of nitrogens with one attached hydrogen (secondary N) is 1. The van der Waals surface area contributed by atoms with E-state index in [2.05, 4.69) is 10.3 Å². The second-order valence-corrected chi connectivity index (χ2v) is 12.1. The van der Waals surface area contributed by atoms with Crippen LogP contribution in [0.5, 0.6) is 0 Å². The van der Waals surface area contributed by atoms with Gasteiger partial charge in [-0.1, -0.05) is 6.92 Å². The Morgan fingerprint density at radius 1 is 1.05 bits per heavy atom. The lowest BCUT2D eigenvalue weighted by Gasteiger charge is -2.74. The first-order valence-electron chi connectivity index (χ1n) is 12.0. The molecule has 1 saturated carbocycles. The van der Waals surface area contributed by atoms with Gasteiger partial charge in [-0.3, -0.25) is 29.0 Å². The summed E-state index contributed by atoms with van der Waals surface area (Å²) in [4.78, 5) is 55.2. The fourth-order valence-electron chi connectivity index (χ4n) is 6.74. The number of aliphatic imine (C=N–C) groups is 1. The zero-order valence-electron chi connectivity index (χ0n) is 20.4. The summed E-state index contributed by atoms with van der Waals surface area (Å²) in [6, 6.07) is -5.06. The summed E-state index contributed by atoms with van der Waals surface area (Å²) in [5.74, 6) is -1.86. The van der Waals surface area contributed by atoms with Crippen LogP contribution in [0.2, 0.25) is 0 Å². The van der Waals surface area contributed by atoms with Crippen LogP contribution in [0.25, 0.3) is 0 Å². The van der Waals surface area contributed by atoms with Crippen LogP contribution in [0.1, 0.15) is 13.8 Å². The molecule has 5 fully saturated rings. The van der Waals surface area contributed by atoms with Gasteiger partial charge < -0.3 is 39.9 Å². The lowest BCUT2D eigenvalue weighted by atomic mass is 9.42. The number of hydrogen-bond acceptors (Lipinski definition) is 13. The molecule has 0 spiro atoms. The van der Waals surface area contributed by atoms with E-state index in [0.717, 1.165) is 9.80 Å². The van der Waals surface area contributed by atoms with Gasteiger partial charge in [0.15, 0.2) is 12.5 Å². The van der Waals surface area contributed by atoms with Crippen molar-refractivity contribution in [2.45, 2.75) is 75.0 Å². The molecule has 5 aliphatic heterocycles. The van der Waals surface area contributed by atoms with Crippen molar-refractivity contribution in [3.63, 3.8) is 0 Å². The summed E-state index contributed by atoms with van der Waals surface area (Å²) in [6.45, 7) is 1.04. The predicted octanol–water partition coefficient (Wildman–Crippen LogP) is -4.46. The van der Waals surface area contributed by atoms with Crippen molar-refractivity contribution >= 4 is 31.7 Å². The quantitative estimate of drug-likeness (QED) is 0.161. The summed E-state index contributed by atoms with van der Waals surface area (Å²) in [5.41, 5.74) is -3.54. The van der Waals surface area contributed by atoms with E-state index >= 15 is 0 Å². The molecule has 6 N–H and O–H groups in total. The van der Waals surface area contributed by atoms with Gasteiger partial charge in [0.1, 0.15) is 36.6 Å². The number of nitrogens with zero attached hydrogens (tertiary/aromatic N) is 3. The topological polar surface area (TPSA) is 260 Å². The molecule has 5 unspecified atom stereocenters. The van der Waals surface area contributed by atoms with Gasteiger partial charge in [0.05, 0.1) is 30.7 Å². The van der Waals surface area contributed by atoms with Crippen molar-refractivity contribution in [1.29, 1.82) is 0 Å². The van der Waals surface area contributed by atoms with E-state index in [1.54, 1.807) is 0 Å². The van der Waals surface area contributed by atoms with E-state index in [0.29, 0.717) is 0 Å². The van der Waals surface area contributed by atoms with E-state index in [9.17, 15) is 49.4 Å². The number of hydrogen-bond donors (Lipinski definition) is 6. The molecule has 39 heavy (non-hydrogen) atoms. The molecule has 4 bridgehead atoms. The lowest BCUT2D eigenvalue weighted by molar-refractivity contribution is -0.286. The first-order chi connectivity index (χ1) is 18.2. The van der Waals surface area contributed by atoms with Crippen LogP contribution in [-0.2, 0) is 27.9 Å². The molecule has 4 saturated heterocycles. The second-order valence-electron chi connectivity index (χ2n) is 10.7. The fraction of sp³-hybridized carbons (Fsp3) is 0.800. The summed E-state index contributed by atoms with van der Waals surface area (Å²) in [5, 5.41) is 57.7. The zero-order valence-corrected chi connectivity index (χ0v) is 21.3. The lowest BCUT2D eigenvalue weighted by Crippen LogP contribution is -2.91. The third kappa shape index (κ3) is 3.26. The highest BCUT2D eigenvalue weighted by Gasteiger charge is 2.80. The van der Waals surface area contributed by atoms with Crippen LogP contribution in [0, 0.1) is 10.8 Å². The Labute approximate surface area is 219 Å². The van der Waals surface area contributed by atoms with Crippen LogP contribution in [0.4, 0.5) is 9.59 Å². The molecule has 5 amide bonds. The van der Waals surface area contributed by atoms with Gasteiger partial charge in [-0.15, -0.1) is 0 Å². The summed E-state index contributed by atoms with van der Waals surface area (Å²) >= 11 is 0. The third-order valence-electron chi connectivity index (χ3n) is 8.98. The zero-order chi connectivity index (χ0) is 28.4. The highest BCUT2D eigenvalue weighted by Crippen LogP contribution is 2.64. The minimum absolute atomic E-state index is 0.826. The van der Waals surface area contributed by atoms with Gasteiger partial charge in [0, 0.05) is 5.41 Å². The standard InChI is InChI=1S/C20H27N4O14P/c1-19-11-12-20(19,2)16(30)22-18(32)24(12)14-9(28)10(5(3-25)36-14)38-39(33,34)35-4-6-7(26)8(27)13(37-6)23(11)17(31)21-15(19)29/h5-14,25-28H,3-4H2,1-2H3,(H,33,34)(H,21,29,31)(H,22,30,32)/p-1/t5-,6-,7-,8-,9-,10-,11?,12?,13-,14-,19?,20?/m1/s1. The van der Waals surface area contributed by atoms with E-state index in [4.69, 9.17) is 18.5 Å². The molecule has 216 valence electrons. The number of aliphatic hydroxyl groups excluding tert-OH is 4. The van der Waals surface area contributed by atoms with Gasteiger partial charge in [-0.2, -0.15) is 0 Å². The monoisotopic (exact) mass is 577 g/mol. The SMILES string of the molecule is CC12C([O-])=NC(=O)N3C1C1N(C(=O)NC(=O)C12C)[C@@H]1O[C@H](CO)[C@@H](OP(=O)(O)OC[C@H]2O[C@@H]3[C@H](O)[C@@H]2O)[C@H]1O. The Morgan fingerprint density at radius 2 is 1.69 bits per heavy atom. The molecule has 0 aromatic rings. The average Bonchev–Trinajstić information content (AvgIpc) is 3.32. The number of urea groups is 2. The van der Waals surface area contributed by atoms with Crippen molar-refractivity contribution in [3.8, 4) is 0 Å². The number of fused-ring (bicyclic) bond motifs is 7. The van der Waals surface area contributed by atoms with Crippen molar-refractivity contribution in [1.82, 2.24) is 15.1 Å². The van der Waals surface area contributed by atoms with Crippen LogP contribution in [0.15, 0.2) is 4.99 Å². The number of phosphoric acid groups is 1. The largest absolute Gasteiger partial charge is 0.861 e. The Balaban J connectivity index is 1.54. The number of imide groups is 1. The number of carbonyl (C=O) groups excluding carboxylic acids is 3. The highest BCUT2D eigenvalue weighted by molar-refractivity contribution is 7.47. The van der Waals surface area contributed by atoms with Gasteiger partial charge in [0.2, 0.25) is 5.91 Å². The van der Waals surface area contributed by atoms with Crippen LogP contribution < -0.4 is 10.4 Å². The molecule has 0 aromatic heterocycles. The van der Waals surface area contributed by atoms with E-state index in [1.807, 2.05) is 0 Å². The predicted molar refractivity (Wildman–Crippen MR) is 117 cm³/mol. The van der Waals surface area contributed by atoms with Gasteiger partial charge in [-0.25, -0.2) is 19.1 Å². The molecule has 5 heterocycles. The highest BCUT2D eigenvalue weighted by atomic mass is 31.2. The normalized spacial score (nSPS) is 53.0. The smallest absolute Gasteiger partial charge is 0.472 e. The molecular formula is C20H26N4O14P-. The molecular weight excluding hydrogens is 551 g/mol. The molecule has 6 rings (SSSR count). The van der Waals surface area contributed by atoms with E-state index in [-0.39, 0.29) is 0 Å². The molecule has 1 aliphatic carbocycles. The number of amides is 5. The van der Waals surface area contributed by atoms with E-state index < -0.39 is 117 Å². The van der Waals surface area contributed by atoms with E-state index in [1.165, 1.54) is 13.8 Å². The van der Waals surface area contributed by atoms with Gasteiger partial charge in [-0.05, 0) is 12.8 Å². The first kappa shape index (κ1) is 26.9. The molecule has 19 heteroatoms. The number of ether oxygens (including phenoxy) is 2. The number of phosphoric ester groups is 1. The molecule has 13 atom stereocenters. The second kappa shape index (κ2) is 8.39. The van der Waals surface area contributed by atoms with Crippen molar-refractivity contribution in [2.75, 3.05) is 13.2 Å².